The third-order valence-electron chi connectivity index (χ3n) is 2.13. The van der Waals surface area contributed by atoms with Crippen LogP contribution in [0.1, 0.15) is 26.2 Å². The molecule has 1 aromatic rings. The van der Waals surface area contributed by atoms with E-state index in [1.54, 1.807) is 0 Å². The molecule has 1 N–H and O–H groups in total. The Bertz CT molecular complexity index is 329. The predicted octanol–water partition coefficient (Wildman–Crippen LogP) is 5.36. The molecule has 0 bridgehead atoms. The van der Waals surface area contributed by atoms with E-state index in [4.69, 9.17) is 23.2 Å². The average molecular weight is 311 g/mol. The quantitative estimate of drug-likeness (QED) is 0.570. The lowest BCUT2D eigenvalue weighted by atomic mass is 10.2. The first-order valence-electron chi connectivity index (χ1n) is 5.04. The van der Waals surface area contributed by atoms with Crippen LogP contribution in [0.25, 0.3) is 0 Å². The van der Waals surface area contributed by atoms with Gasteiger partial charge in [-0.1, -0.05) is 43.0 Å². The second kappa shape index (κ2) is 6.62. The van der Waals surface area contributed by atoms with E-state index >= 15 is 0 Å². The Hall–Kier alpha value is 0.0800. The van der Waals surface area contributed by atoms with E-state index in [0.717, 1.165) is 23.1 Å². The average Bonchev–Trinajstić information content (AvgIpc) is 2.24. The first-order valence-corrected chi connectivity index (χ1v) is 6.59. The molecule has 0 amide bonds. The number of hydrogen-bond donors (Lipinski definition) is 1. The summed E-state index contributed by atoms with van der Waals surface area (Å²) in [5.41, 5.74) is 0.904. The van der Waals surface area contributed by atoms with Gasteiger partial charge in [-0.3, -0.25) is 0 Å². The van der Waals surface area contributed by atoms with Crippen LogP contribution in [-0.2, 0) is 0 Å². The molecule has 0 aliphatic carbocycles. The zero-order valence-electron chi connectivity index (χ0n) is 8.62. The molecule has 1 rings (SSSR count). The molecule has 1 nitrogen and oxygen atoms in total. The molecule has 0 fully saturated rings. The molecular weight excluding hydrogens is 297 g/mol. The molecule has 0 radical (unpaired) electrons. The first-order chi connectivity index (χ1) is 7.16. The van der Waals surface area contributed by atoms with Crippen LogP contribution in [0.15, 0.2) is 16.6 Å². The topological polar surface area (TPSA) is 12.0 Å². The van der Waals surface area contributed by atoms with Crippen molar-refractivity contribution in [1.29, 1.82) is 0 Å². The van der Waals surface area contributed by atoms with Crippen molar-refractivity contribution >= 4 is 44.8 Å². The van der Waals surface area contributed by atoms with Crippen molar-refractivity contribution in [2.24, 2.45) is 0 Å². The highest BCUT2D eigenvalue weighted by atomic mass is 79.9. The maximum atomic E-state index is 6.09. The Labute approximate surface area is 109 Å². The van der Waals surface area contributed by atoms with Crippen molar-refractivity contribution in [3.63, 3.8) is 0 Å². The third-order valence-corrected chi connectivity index (χ3v) is 3.90. The van der Waals surface area contributed by atoms with Crippen LogP contribution in [0.2, 0.25) is 10.0 Å². The highest BCUT2D eigenvalue weighted by Gasteiger charge is 2.07. The smallest absolute Gasteiger partial charge is 0.0835 e. The monoisotopic (exact) mass is 309 g/mol. The molecule has 0 saturated carbocycles. The fourth-order valence-corrected chi connectivity index (χ4v) is 2.10. The van der Waals surface area contributed by atoms with Crippen molar-refractivity contribution in [3.05, 3.63) is 26.7 Å². The van der Waals surface area contributed by atoms with Crippen molar-refractivity contribution in [1.82, 2.24) is 0 Å². The summed E-state index contributed by atoms with van der Waals surface area (Å²) in [4.78, 5) is 0. The highest BCUT2D eigenvalue weighted by Crippen LogP contribution is 2.35. The Morgan fingerprint density at radius 3 is 2.60 bits per heavy atom. The van der Waals surface area contributed by atoms with E-state index in [0.29, 0.717) is 10.0 Å². The van der Waals surface area contributed by atoms with Crippen LogP contribution in [0.5, 0.6) is 0 Å². The fraction of sp³-hybridized carbons (Fsp3) is 0.455. The summed E-state index contributed by atoms with van der Waals surface area (Å²) in [6.45, 7) is 3.12. The summed E-state index contributed by atoms with van der Waals surface area (Å²) in [7, 11) is 0. The van der Waals surface area contributed by atoms with Gasteiger partial charge in [0, 0.05) is 11.0 Å². The van der Waals surface area contributed by atoms with Gasteiger partial charge in [0.1, 0.15) is 0 Å². The summed E-state index contributed by atoms with van der Waals surface area (Å²) in [5, 5.41) is 4.43. The van der Waals surface area contributed by atoms with Crippen LogP contribution in [0, 0.1) is 0 Å². The van der Waals surface area contributed by atoms with Crippen LogP contribution >= 0.6 is 39.1 Å². The summed E-state index contributed by atoms with van der Waals surface area (Å²) >= 11 is 15.4. The van der Waals surface area contributed by atoms with Crippen LogP contribution in [-0.4, -0.2) is 6.54 Å². The Kier molecular flexibility index (Phi) is 5.80. The molecule has 84 valence electrons. The second-order valence-corrected chi connectivity index (χ2v) is 4.97. The zero-order chi connectivity index (χ0) is 11.3. The molecule has 0 atom stereocenters. The van der Waals surface area contributed by atoms with Crippen LogP contribution < -0.4 is 5.32 Å². The summed E-state index contributed by atoms with van der Waals surface area (Å²) in [6.07, 6.45) is 3.60. The van der Waals surface area contributed by atoms with E-state index in [-0.39, 0.29) is 0 Å². The maximum Gasteiger partial charge on any atom is 0.0835 e. The Balaban J connectivity index is 2.58. The van der Waals surface area contributed by atoms with Gasteiger partial charge < -0.3 is 5.32 Å². The summed E-state index contributed by atoms with van der Waals surface area (Å²) in [6, 6.07) is 3.83. The van der Waals surface area contributed by atoms with Gasteiger partial charge >= 0.3 is 0 Å². The molecule has 15 heavy (non-hydrogen) atoms. The van der Waals surface area contributed by atoms with Gasteiger partial charge in [0.25, 0.3) is 0 Å². The van der Waals surface area contributed by atoms with Crippen molar-refractivity contribution in [2.75, 3.05) is 11.9 Å². The number of nitrogens with one attached hydrogen (secondary N) is 1. The standard InChI is InChI=1S/C11H14BrCl2N/c1-2-3-4-7-15-9-6-5-8(12)10(13)11(9)14/h5-6,15H,2-4,7H2,1H3. The zero-order valence-corrected chi connectivity index (χ0v) is 11.7. The molecule has 0 heterocycles. The van der Waals surface area contributed by atoms with E-state index < -0.39 is 0 Å². The highest BCUT2D eigenvalue weighted by molar-refractivity contribution is 9.10. The third kappa shape index (κ3) is 3.86. The number of benzene rings is 1. The maximum absolute atomic E-state index is 6.09. The normalized spacial score (nSPS) is 10.4. The SMILES string of the molecule is CCCCCNc1ccc(Br)c(Cl)c1Cl. The lowest BCUT2D eigenvalue weighted by Crippen LogP contribution is -2.01. The lowest BCUT2D eigenvalue weighted by Gasteiger charge is -2.09. The Morgan fingerprint density at radius 1 is 1.20 bits per heavy atom. The van der Waals surface area contributed by atoms with Crippen molar-refractivity contribution < 1.29 is 0 Å². The van der Waals surface area contributed by atoms with E-state index in [9.17, 15) is 0 Å². The molecule has 0 aliphatic heterocycles. The number of hydrogen-bond acceptors (Lipinski definition) is 1. The van der Waals surface area contributed by atoms with Gasteiger partial charge in [-0.05, 0) is 34.5 Å². The van der Waals surface area contributed by atoms with E-state index in [1.807, 2.05) is 12.1 Å². The summed E-state index contributed by atoms with van der Waals surface area (Å²) in [5.74, 6) is 0. The van der Waals surface area contributed by atoms with Gasteiger partial charge in [0.15, 0.2) is 0 Å². The Morgan fingerprint density at radius 2 is 1.93 bits per heavy atom. The summed E-state index contributed by atoms with van der Waals surface area (Å²) < 4.78 is 0.827. The predicted molar refractivity (Wildman–Crippen MR) is 72.2 cm³/mol. The van der Waals surface area contributed by atoms with Crippen LogP contribution in [0.3, 0.4) is 0 Å². The molecule has 0 aliphatic rings. The second-order valence-electron chi connectivity index (χ2n) is 3.36. The molecule has 0 spiro atoms. The van der Waals surface area contributed by atoms with Gasteiger partial charge in [-0.2, -0.15) is 0 Å². The number of halogens is 3. The molecule has 0 aromatic heterocycles. The van der Waals surface area contributed by atoms with Gasteiger partial charge in [-0.25, -0.2) is 0 Å². The fourth-order valence-electron chi connectivity index (χ4n) is 1.26. The van der Waals surface area contributed by atoms with Crippen molar-refractivity contribution in [2.45, 2.75) is 26.2 Å². The largest absolute Gasteiger partial charge is 0.384 e. The van der Waals surface area contributed by atoms with Gasteiger partial charge in [0.2, 0.25) is 0 Å². The molecule has 4 heteroatoms. The molecule has 1 aromatic carbocycles. The van der Waals surface area contributed by atoms with E-state index in [2.05, 4.69) is 28.2 Å². The van der Waals surface area contributed by atoms with E-state index in [1.165, 1.54) is 12.8 Å². The first kappa shape index (κ1) is 13.1. The number of unbranched alkanes of at least 4 members (excludes halogenated alkanes) is 2. The molecular formula is C11H14BrCl2N. The number of rotatable bonds is 5. The minimum absolute atomic E-state index is 0.567. The minimum Gasteiger partial charge on any atom is -0.384 e. The van der Waals surface area contributed by atoms with Crippen LogP contribution in [0.4, 0.5) is 5.69 Å². The number of anilines is 1. The van der Waals surface area contributed by atoms with Crippen molar-refractivity contribution in [3.8, 4) is 0 Å². The van der Waals surface area contributed by atoms with Gasteiger partial charge in [0.05, 0.1) is 15.7 Å². The molecule has 0 saturated heterocycles. The minimum atomic E-state index is 0.567. The molecule has 0 unspecified atom stereocenters. The van der Waals surface area contributed by atoms with Gasteiger partial charge in [-0.15, -0.1) is 0 Å². The lowest BCUT2D eigenvalue weighted by molar-refractivity contribution is 0.744.